The van der Waals surface area contributed by atoms with Crippen LogP contribution >= 0.6 is 0 Å². The third kappa shape index (κ3) is 3.41. The highest BCUT2D eigenvalue weighted by atomic mass is 19.1. The zero-order valence-corrected chi connectivity index (χ0v) is 9.73. The van der Waals surface area contributed by atoms with E-state index in [4.69, 9.17) is 4.74 Å². The summed E-state index contributed by atoms with van der Waals surface area (Å²) < 4.78 is 18.5. The van der Waals surface area contributed by atoms with Gasteiger partial charge in [-0.25, -0.2) is 4.39 Å². The number of hydrogen-bond donors (Lipinski definition) is 2. The maximum Gasteiger partial charge on any atom is 0.126 e. The van der Waals surface area contributed by atoms with E-state index in [1.807, 2.05) is 0 Å². The molecule has 2 rings (SSSR count). The van der Waals surface area contributed by atoms with Gasteiger partial charge in [-0.1, -0.05) is 6.07 Å². The maximum atomic E-state index is 12.9. The van der Waals surface area contributed by atoms with E-state index < -0.39 is 0 Å². The molecule has 2 unspecified atom stereocenters. The van der Waals surface area contributed by atoms with Gasteiger partial charge in [0, 0.05) is 18.6 Å². The number of hydrogen-bond acceptors (Lipinski definition) is 3. The molecular weight excluding hydrogens is 221 g/mol. The summed E-state index contributed by atoms with van der Waals surface area (Å²) in [5.74, 6) is 0.793. The lowest BCUT2D eigenvalue weighted by Gasteiger charge is -2.20. The van der Waals surface area contributed by atoms with Crippen molar-refractivity contribution in [2.75, 3.05) is 26.3 Å². The van der Waals surface area contributed by atoms with Gasteiger partial charge in [0.1, 0.15) is 11.6 Å². The van der Waals surface area contributed by atoms with Crippen molar-refractivity contribution in [2.45, 2.75) is 6.42 Å². The molecule has 0 amide bonds. The summed E-state index contributed by atoms with van der Waals surface area (Å²) in [5.41, 5.74) is 0. The molecule has 3 nitrogen and oxygen atoms in total. The Balaban J connectivity index is 1.87. The van der Waals surface area contributed by atoms with Gasteiger partial charge in [-0.2, -0.15) is 0 Å². The van der Waals surface area contributed by atoms with Gasteiger partial charge >= 0.3 is 0 Å². The van der Waals surface area contributed by atoms with Crippen LogP contribution in [-0.2, 0) is 0 Å². The Morgan fingerprint density at radius 2 is 2.41 bits per heavy atom. The summed E-state index contributed by atoms with van der Waals surface area (Å²) in [4.78, 5) is 0. The molecule has 0 bridgehead atoms. The number of halogens is 1. The fourth-order valence-corrected chi connectivity index (χ4v) is 2.18. The molecule has 1 aromatic carbocycles. The SMILES string of the molecule is OCC(COc1cccc(F)c1)C1CCNC1. The Labute approximate surface area is 101 Å². The molecule has 1 aliphatic heterocycles. The second-order valence-electron chi connectivity index (χ2n) is 4.46. The van der Waals surface area contributed by atoms with Crippen LogP contribution in [0, 0.1) is 17.7 Å². The standard InChI is InChI=1S/C13H18FNO2/c14-12-2-1-3-13(6-12)17-9-11(8-16)10-4-5-15-7-10/h1-3,6,10-11,15-16H,4-5,7-9H2. The lowest BCUT2D eigenvalue weighted by Crippen LogP contribution is -2.26. The molecule has 2 atom stereocenters. The molecule has 94 valence electrons. The first-order chi connectivity index (χ1) is 8.29. The molecular formula is C13H18FNO2. The second-order valence-corrected chi connectivity index (χ2v) is 4.46. The molecule has 0 spiro atoms. The van der Waals surface area contributed by atoms with Crippen LogP contribution < -0.4 is 10.1 Å². The van der Waals surface area contributed by atoms with Crippen LogP contribution in [0.2, 0.25) is 0 Å². The van der Waals surface area contributed by atoms with Gasteiger partial charge in [-0.15, -0.1) is 0 Å². The Hall–Kier alpha value is -1.13. The molecule has 17 heavy (non-hydrogen) atoms. The van der Waals surface area contributed by atoms with E-state index in [1.54, 1.807) is 12.1 Å². The second kappa shape index (κ2) is 5.98. The van der Waals surface area contributed by atoms with Gasteiger partial charge in [0.25, 0.3) is 0 Å². The third-order valence-electron chi connectivity index (χ3n) is 3.26. The van der Waals surface area contributed by atoms with E-state index in [2.05, 4.69) is 5.32 Å². The first-order valence-electron chi connectivity index (χ1n) is 5.99. The highest BCUT2D eigenvalue weighted by Crippen LogP contribution is 2.20. The molecule has 1 heterocycles. The largest absolute Gasteiger partial charge is 0.493 e. The van der Waals surface area contributed by atoms with Crippen LogP contribution in [0.4, 0.5) is 4.39 Å². The molecule has 1 aliphatic rings. The van der Waals surface area contributed by atoms with Crippen LogP contribution in [-0.4, -0.2) is 31.4 Å². The van der Waals surface area contributed by atoms with Gasteiger partial charge in [0.05, 0.1) is 6.61 Å². The van der Waals surface area contributed by atoms with Crippen molar-refractivity contribution >= 4 is 0 Å². The minimum absolute atomic E-state index is 0.113. The quantitative estimate of drug-likeness (QED) is 0.816. The van der Waals surface area contributed by atoms with Crippen molar-refractivity contribution in [1.82, 2.24) is 5.32 Å². The number of benzene rings is 1. The van der Waals surface area contributed by atoms with E-state index in [9.17, 15) is 9.50 Å². The zero-order valence-electron chi connectivity index (χ0n) is 9.73. The number of ether oxygens (including phenoxy) is 1. The van der Waals surface area contributed by atoms with Crippen molar-refractivity contribution in [2.24, 2.45) is 11.8 Å². The van der Waals surface area contributed by atoms with Crippen LogP contribution in [0.3, 0.4) is 0 Å². The zero-order chi connectivity index (χ0) is 12.1. The van der Waals surface area contributed by atoms with Crippen molar-refractivity contribution < 1.29 is 14.2 Å². The summed E-state index contributed by atoms with van der Waals surface area (Å²) in [6, 6.07) is 6.10. The topological polar surface area (TPSA) is 41.5 Å². The number of aliphatic hydroxyl groups excluding tert-OH is 1. The monoisotopic (exact) mass is 239 g/mol. The molecule has 0 aromatic heterocycles. The summed E-state index contributed by atoms with van der Waals surface area (Å²) in [6.45, 7) is 2.48. The normalized spacial score (nSPS) is 21.4. The Morgan fingerprint density at radius 3 is 3.06 bits per heavy atom. The molecule has 2 N–H and O–H groups in total. The van der Waals surface area contributed by atoms with Gasteiger partial charge in [0.2, 0.25) is 0 Å². The van der Waals surface area contributed by atoms with Gasteiger partial charge in [-0.3, -0.25) is 0 Å². The number of aliphatic hydroxyl groups is 1. The molecule has 1 saturated heterocycles. The summed E-state index contributed by atoms with van der Waals surface area (Å²) >= 11 is 0. The highest BCUT2D eigenvalue weighted by Gasteiger charge is 2.24. The average Bonchev–Trinajstić information content (AvgIpc) is 2.84. The predicted octanol–water partition coefficient (Wildman–Crippen LogP) is 1.42. The number of nitrogens with one attached hydrogen (secondary N) is 1. The van der Waals surface area contributed by atoms with Crippen LogP contribution in [0.5, 0.6) is 5.75 Å². The average molecular weight is 239 g/mol. The Kier molecular flexibility index (Phi) is 4.34. The maximum absolute atomic E-state index is 12.9. The molecule has 4 heteroatoms. The van der Waals surface area contributed by atoms with Gasteiger partial charge < -0.3 is 15.2 Å². The Morgan fingerprint density at radius 1 is 1.53 bits per heavy atom. The van der Waals surface area contributed by atoms with Crippen molar-refractivity contribution in [3.8, 4) is 5.75 Å². The van der Waals surface area contributed by atoms with E-state index >= 15 is 0 Å². The fourth-order valence-electron chi connectivity index (χ4n) is 2.18. The van der Waals surface area contributed by atoms with E-state index in [1.165, 1.54) is 12.1 Å². The van der Waals surface area contributed by atoms with Crippen LogP contribution in [0.15, 0.2) is 24.3 Å². The first kappa shape index (κ1) is 12.3. The summed E-state index contributed by atoms with van der Waals surface area (Å²) in [6.07, 6.45) is 1.07. The van der Waals surface area contributed by atoms with Gasteiger partial charge in [-0.05, 0) is 37.6 Å². The molecule has 1 aromatic rings. The van der Waals surface area contributed by atoms with E-state index in [0.717, 1.165) is 19.5 Å². The summed E-state index contributed by atoms with van der Waals surface area (Å²) in [5, 5.41) is 12.6. The highest BCUT2D eigenvalue weighted by molar-refractivity contribution is 5.22. The first-order valence-corrected chi connectivity index (χ1v) is 5.99. The van der Waals surface area contributed by atoms with E-state index in [0.29, 0.717) is 18.3 Å². The minimum atomic E-state index is -0.300. The minimum Gasteiger partial charge on any atom is -0.493 e. The molecule has 1 fully saturated rings. The molecule has 0 aliphatic carbocycles. The fraction of sp³-hybridized carbons (Fsp3) is 0.538. The van der Waals surface area contributed by atoms with Crippen molar-refractivity contribution in [3.05, 3.63) is 30.1 Å². The lowest BCUT2D eigenvalue weighted by molar-refractivity contribution is 0.123. The predicted molar refractivity (Wildman–Crippen MR) is 63.4 cm³/mol. The molecule has 0 saturated carbocycles. The lowest BCUT2D eigenvalue weighted by atomic mass is 9.93. The van der Waals surface area contributed by atoms with Crippen molar-refractivity contribution in [1.29, 1.82) is 0 Å². The van der Waals surface area contributed by atoms with Crippen LogP contribution in [0.25, 0.3) is 0 Å². The number of rotatable bonds is 5. The summed E-state index contributed by atoms with van der Waals surface area (Å²) in [7, 11) is 0. The van der Waals surface area contributed by atoms with E-state index in [-0.39, 0.29) is 18.3 Å². The van der Waals surface area contributed by atoms with Crippen molar-refractivity contribution in [3.63, 3.8) is 0 Å². The van der Waals surface area contributed by atoms with Gasteiger partial charge in [0.15, 0.2) is 0 Å². The Bertz CT molecular complexity index is 353. The van der Waals surface area contributed by atoms with Crippen LogP contribution in [0.1, 0.15) is 6.42 Å². The third-order valence-corrected chi connectivity index (χ3v) is 3.26. The smallest absolute Gasteiger partial charge is 0.126 e. The molecule has 0 radical (unpaired) electrons.